The molecule has 0 unspecified atom stereocenters. The molecule has 0 fully saturated rings. The average Bonchev–Trinajstić information content (AvgIpc) is 2.63. The van der Waals surface area contributed by atoms with Gasteiger partial charge in [-0.1, -0.05) is 26.0 Å². The van der Waals surface area contributed by atoms with Gasteiger partial charge in [-0.15, -0.1) is 0 Å². The number of halogens is 2. The summed E-state index contributed by atoms with van der Waals surface area (Å²) in [6.07, 6.45) is 0.736. The first kappa shape index (κ1) is 18.7. The second-order valence-electron chi connectivity index (χ2n) is 7.06. The minimum Gasteiger partial charge on any atom is -0.395 e. The highest BCUT2D eigenvalue weighted by Crippen LogP contribution is 2.25. The summed E-state index contributed by atoms with van der Waals surface area (Å²) in [7, 11) is 0. The summed E-state index contributed by atoms with van der Waals surface area (Å²) in [6.45, 7) is 5.36. The summed E-state index contributed by atoms with van der Waals surface area (Å²) in [6, 6.07) is 8.07. The van der Waals surface area contributed by atoms with E-state index in [1.807, 2.05) is 24.8 Å². The maximum Gasteiger partial charge on any atom is 0.146 e. The first-order valence-electron chi connectivity index (χ1n) is 9.00. The Hall–Kier alpha value is -2.05. The molecule has 2 aromatic rings. The first-order valence-corrected chi connectivity index (χ1v) is 9.00. The van der Waals surface area contributed by atoms with Crippen LogP contribution in [0, 0.1) is 17.6 Å². The highest BCUT2D eigenvalue weighted by Gasteiger charge is 2.21. The number of anilines is 1. The number of pyridine rings is 1. The lowest BCUT2D eigenvalue weighted by Gasteiger charge is -2.30. The summed E-state index contributed by atoms with van der Waals surface area (Å²) >= 11 is 0. The summed E-state index contributed by atoms with van der Waals surface area (Å²) in [5.41, 5.74) is 2.01. The van der Waals surface area contributed by atoms with E-state index in [9.17, 15) is 13.9 Å². The van der Waals surface area contributed by atoms with Crippen LogP contribution in [-0.4, -0.2) is 29.3 Å². The third-order valence-electron chi connectivity index (χ3n) is 4.98. The van der Waals surface area contributed by atoms with Gasteiger partial charge in [0, 0.05) is 31.2 Å². The Bertz CT molecular complexity index is 767. The van der Waals surface area contributed by atoms with Crippen molar-refractivity contribution in [2.75, 3.05) is 18.1 Å². The summed E-state index contributed by atoms with van der Waals surface area (Å²) < 4.78 is 28.2. The zero-order valence-electron chi connectivity index (χ0n) is 15.2. The number of aromatic nitrogens is 1. The van der Waals surface area contributed by atoms with E-state index in [1.165, 1.54) is 12.1 Å². The number of aliphatic hydroxyl groups is 1. The van der Waals surface area contributed by atoms with Crippen LogP contribution >= 0.6 is 0 Å². The smallest absolute Gasteiger partial charge is 0.146 e. The van der Waals surface area contributed by atoms with Crippen LogP contribution in [0.2, 0.25) is 0 Å². The Morgan fingerprint density at radius 3 is 2.73 bits per heavy atom. The number of nitrogens with one attached hydrogen (secondary N) is 1. The van der Waals surface area contributed by atoms with Crippen LogP contribution < -0.4 is 10.2 Å². The maximum absolute atomic E-state index is 14.2. The van der Waals surface area contributed by atoms with Crippen molar-refractivity contribution in [1.82, 2.24) is 10.3 Å². The lowest BCUT2D eigenvalue weighted by Crippen LogP contribution is -2.37. The van der Waals surface area contributed by atoms with Crippen molar-refractivity contribution in [2.45, 2.75) is 39.4 Å². The molecule has 1 aromatic heterocycles. The van der Waals surface area contributed by atoms with Gasteiger partial charge in [-0.25, -0.2) is 13.8 Å². The minimum atomic E-state index is -0.384. The van der Waals surface area contributed by atoms with E-state index in [1.54, 1.807) is 12.1 Å². The number of rotatable bonds is 6. The van der Waals surface area contributed by atoms with Gasteiger partial charge in [-0.3, -0.25) is 0 Å². The molecule has 0 spiro atoms. The van der Waals surface area contributed by atoms with Crippen LogP contribution in [0.4, 0.5) is 14.6 Å². The molecule has 2 heterocycles. The molecule has 0 saturated heterocycles. The standard InChI is InChI=1S/C20H25F2N3O/c1-13(2)19(12-26)23-10-18-17(22)6-7-20(24-18)25-9-8-14-4-3-5-16(21)15(14)11-25/h3-7,13,19,23,26H,8-12H2,1-2H3/t19-/m0/s1. The number of hydrogen-bond donors (Lipinski definition) is 2. The highest BCUT2D eigenvalue weighted by molar-refractivity contribution is 5.45. The molecule has 0 radical (unpaired) electrons. The Labute approximate surface area is 152 Å². The zero-order chi connectivity index (χ0) is 18.7. The molecule has 140 valence electrons. The molecule has 2 N–H and O–H groups in total. The Balaban J connectivity index is 1.76. The highest BCUT2D eigenvalue weighted by atomic mass is 19.1. The predicted octanol–water partition coefficient (Wildman–Crippen LogP) is 3.03. The number of fused-ring (bicyclic) bond motifs is 1. The van der Waals surface area contributed by atoms with Crippen molar-refractivity contribution in [3.05, 3.63) is 58.8 Å². The SMILES string of the molecule is CC(C)[C@H](CO)NCc1nc(N2CCc3cccc(F)c3C2)ccc1F. The minimum absolute atomic E-state index is 0.0127. The van der Waals surface area contributed by atoms with E-state index in [0.717, 1.165) is 12.0 Å². The van der Waals surface area contributed by atoms with E-state index in [0.29, 0.717) is 30.2 Å². The molecule has 1 atom stereocenters. The van der Waals surface area contributed by atoms with Crippen molar-refractivity contribution >= 4 is 5.82 Å². The van der Waals surface area contributed by atoms with E-state index in [4.69, 9.17) is 0 Å². The van der Waals surface area contributed by atoms with E-state index in [2.05, 4.69) is 10.3 Å². The fourth-order valence-corrected chi connectivity index (χ4v) is 3.25. The fraction of sp³-hybridized carbons (Fsp3) is 0.450. The molecule has 0 bridgehead atoms. The van der Waals surface area contributed by atoms with Crippen LogP contribution in [0.1, 0.15) is 30.7 Å². The van der Waals surface area contributed by atoms with Gasteiger partial charge in [-0.2, -0.15) is 0 Å². The van der Waals surface area contributed by atoms with Crippen molar-refractivity contribution in [3.8, 4) is 0 Å². The fourth-order valence-electron chi connectivity index (χ4n) is 3.25. The van der Waals surface area contributed by atoms with Gasteiger partial charge < -0.3 is 15.3 Å². The van der Waals surface area contributed by atoms with Crippen molar-refractivity contribution < 1.29 is 13.9 Å². The number of aliphatic hydroxyl groups excluding tert-OH is 1. The lowest BCUT2D eigenvalue weighted by molar-refractivity contribution is 0.209. The third kappa shape index (κ3) is 4.02. The van der Waals surface area contributed by atoms with Gasteiger partial charge in [0.2, 0.25) is 0 Å². The van der Waals surface area contributed by atoms with Crippen molar-refractivity contribution in [1.29, 1.82) is 0 Å². The quantitative estimate of drug-likeness (QED) is 0.830. The molecule has 6 heteroatoms. The van der Waals surface area contributed by atoms with Gasteiger partial charge in [0.15, 0.2) is 0 Å². The average molecular weight is 361 g/mol. The normalized spacial score (nSPS) is 15.2. The first-order chi connectivity index (χ1) is 12.5. The molecule has 1 aliphatic rings. The Kier molecular flexibility index (Phi) is 5.84. The monoisotopic (exact) mass is 361 g/mol. The van der Waals surface area contributed by atoms with E-state index >= 15 is 0 Å². The Morgan fingerprint density at radius 2 is 2.00 bits per heavy atom. The van der Waals surface area contributed by atoms with Crippen LogP contribution in [0.5, 0.6) is 0 Å². The molecule has 4 nitrogen and oxygen atoms in total. The van der Waals surface area contributed by atoms with Crippen LogP contribution in [-0.2, 0) is 19.5 Å². The third-order valence-corrected chi connectivity index (χ3v) is 4.98. The largest absolute Gasteiger partial charge is 0.395 e. The Morgan fingerprint density at radius 1 is 1.19 bits per heavy atom. The molecular weight excluding hydrogens is 336 g/mol. The lowest BCUT2D eigenvalue weighted by atomic mass is 9.99. The molecule has 0 aliphatic carbocycles. The summed E-state index contributed by atoms with van der Waals surface area (Å²) in [4.78, 5) is 6.42. The molecule has 26 heavy (non-hydrogen) atoms. The predicted molar refractivity (Wildman–Crippen MR) is 97.9 cm³/mol. The van der Waals surface area contributed by atoms with Gasteiger partial charge in [0.05, 0.1) is 12.3 Å². The van der Waals surface area contributed by atoms with Crippen LogP contribution in [0.25, 0.3) is 0 Å². The van der Waals surface area contributed by atoms with E-state index in [-0.39, 0.29) is 36.7 Å². The summed E-state index contributed by atoms with van der Waals surface area (Å²) in [5, 5.41) is 12.6. The zero-order valence-corrected chi connectivity index (χ0v) is 15.2. The van der Waals surface area contributed by atoms with Crippen LogP contribution in [0.15, 0.2) is 30.3 Å². The molecule has 0 amide bonds. The number of benzene rings is 1. The molecule has 1 aromatic carbocycles. The second-order valence-corrected chi connectivity index (χ2v) is 7.06. The number of nitrogens with zero attached hydrogens (tertiary/aromatic N) is 2. The summed E-state index contributed by atoms with van der Waals surface area (Å²) in [5.74, 6) is 0.277. The topological polar surface area (TPSA) is 48.4 Å². The van der Waals surface area contributed by atoms with Crippen molar-refractivity contribution in [3.63, 3.8) is 0 Å². The van der Waals surface area contributed by atoms with Gasteiger partial charge in [0.1, 0.15) is 17.5 Å². The molecule has 1 aliphatic heterocycles. The molecule has 0 saturated carbocycles. The van der Waals surface area contributed by atoms with Gasteiger partial charge in [-0.05, 0) is 36.1 Å². The second kappa shape index (κ2) is 8.10. The molecule has 3 rings (SSSR count). The van der Waals surface area contributed by atoms with Crippen molar-refractivity contribution in [2.24, 2.45) is 5.92 Å². The maximum atomic E-state index is 14.2. The van der Waals surface area contributed by atoms with Gasteiger partial charge in [0.25, 0.3) is 0 Å². The van der Waals surface area contributed by atoms with Gasteiger partial charge >= 0.3 is 0 Å². The van der Waals surface area contributed by atoms with E-state index < -0.39 is 0 Å². The number of hydrogen-bond acceptors (Lipinski definition) is 4. The molecular formula is C20H25F2N3O. The van der Waals surface area contributed by atoms with Crippen LogP contribution in [0.3, 0.4) is 0 Å².